The summed E-state index contributed by atoms with van der Waals surface area (Å²) in [4.78, 5) is 2.92. The molecule has 0 unspecified atom stereocenters. The number of azide groups is 1. The maximum absolute atomic E-state index is 8.51. The van der Waals surface area contributed by atoms with Crippen molar-refractivity contribution in [3.05, 3.63) is 46.3 Å². The third-order valence-corrected chi connectivity index (χ3v) is 2.46. The Morgan fingerprint density at radius 1 is 1.27 bits per heavy atom. The Bertz CT molecular complexity index is 315. The van der Waals surface area contributed by atoms with Gasteiger partial charge in [0.15, 0.2) is 0 Å². The molecule has 1 aromatic rings. The first-order valence-corrected chi connectivity index (χ1v) is 5.47. The number of rotatable bonds is 6. The summed E-state index contributed by atoms with van der Waals surface area (Å²) in [6, 6.07) is 9.98. The lowest BCUT2D eigenvalue weighted by molar-refractivity contribution is 0.579. The molecule has 0 aliphatic carbocycles. The van der Waals surface area contributed by atoms with Crippen molar-refractivity contribution in [1.29, 1.82) is 0 Å². The van der Waals surface area contributed by atoms with E-state index in [1.54, 1.807) is 0 Å². The first-order valence-electron chi connectivity index (χ1n) is 5.47. The summed E-state index contributed by atoms with van der Waals surface area (Å²) in [7, 11) is 0. The number of unbranched alkanes of at least 4 members (excludes halogenated alkanes) is 2. The van der Waals surface area contributed by atoms with Crippen LogP contribution >= 0.6 is 0 Å². The fourth-order valence-electron chi connectivity index (χ4n) is 1.62. The van der Waals surface area contributed by atoms with Gasteiger partial charge in [0.25, 0.3) is 0 Å². The van der Waals surface area contributed by atoms with E-state index in [-0.39, 0.29) is 6.04 Å². The van der Waals surface area contributed by atoms with E-state index in [1.807, 2.05) is 30.3 Å². The molecule has 0 aromatic heterocycles. The Hall–Kier alpha value is -1.47. The maximum atomic E-state index is 8.51. The summed E-state index contributed by atoms with van der Waals surface area (Å²) in [6.45, 7) is 2.17. The SMILES string of the molecule is CCCCC[C@@H](N=[N+]=[N-])c1ccccc1. The van der Waals surface area contributed by atoms with Gasteiger partial charge in [-0.15, -0.1) is 0 Å². The van der Waals surface area contributed by atoms with E-state index in [1.165, 1.54) is 12.8 Å². The van der Waals surface area contributed by atoms with Crippen LogP contribution in [0.1, 0.15) is 44.2 Å². The fraction of sp³-hybridized carbons (Fsp3) is 0.500. The molecule has 80 valence electrons. The second-order valence-corrected chi connectivity index (χ2v) is 3.63. The van der Waals surface area contributed by atoms with Crippen LogP contribution < -0.4 is 0 Å². The molecule has 0 amide bonds. The standard InChI is InChI=1S/C12H17N3/c1-2-3-5-10-12(14-15-13)11-8-6-4-7-9-11/h4,6-9,12H,2-3,5,10H2,1H3/t12-/m1/s1. The highest BCUT2D eigenvalue weighted by atomic mass is 15.1. The number of nitrogens with zero attached hydrogens (tertiary/aromatic N) is 3. The van der Waals surface area contributed by atoms with Gasteiger partial charge in [0.05, 0.1) is 6.04 Å². The Balaban J connectivity index is 2.62. The molecule has 0 heterocycles. The molecule has 3 nitrogen and oxygen atoms in total. The molecule has 0 aliphatic rings. The van der Waals surface area contributed by atoms with E-state index < -0.39 is 0 Å². The molecule has 0 radical (unpaired) electrons. The molecule has 0 spiro atoms. The third kappa shape index (κ3) is 4.05. The monoisotopic (exact) mass is 203 g/mol. The van der Waals surface area contributed by atoms with E-state index in [2.05, 4.69) is 16.9 Å². The molecule has 15 heavy (non-hydrogen) atoms. The minimum absolute atomic E-state index is 0.00255. The quantitative estimate of drug-likeness (QED) is 0.280. The van der Waals surface area contributed by atoms with Crippen LogP contribution in [0.2, 0.25) is 0 Å². The molecule has 0 aliphatic heterocycles. The van der Waals surface area contributed by atoms with Gasteiger partial charge < -0.3 is 0 Å². The van der Waals surface area contributed by atoms with Gasteiger partial charge >= 0.3 is 0 Å². The zero-order valence-corrected chi connectivity index (χ0v) is 9.13. The summed E-state index contributed by atoms with van der Waals surface area (Å²) in [6.07, 6.45) is 4.46. The minimum atomic E-state index is 0.00255. The van der Waals surface area contributed by atoms with Gasteiger partial charge in [0.1, 0.15) is 0 Å². The lowest BCUT2D eigenvalue weighted by Crippen LogP contribution is -1.94. The van der Waals surface area contributed by atoms with E-state index in [0.29, 0.717) is 0 Å². The molecule has 3 heteroatoms. The Morgan fingerprint density at radius 3 is 2.60 bits per heavy atom. The lowest BCUT2D eigenvalue weighted by Gasteiger charge is -2.10. The van der Waals surface area contributed by atoms with Crippen LogP contribution in [0, 0.1) is 0 Å². The number of hydrogen-bond acceptors (Lipinski definition) is 1. The van der Waals surface area contributed by atoms with Gasteiger partial charge in [0.2, 0.25) is 0 Å². The van der Waals surface area contributed by atoms with Crippen LogP contribution in [0.25, 0.3) is 10.4 Å². The average molecular weight is 203 g/mol. The van der Waals surface area contributed by atoms with Gasteiger partial charge in [-0.3, -0.25) is 0 Å². The first kappa shape index (κ1) is 11.6. The van der Waals surface area contributed by atoms with Crippen molar-refractivity contribution < 1.29 is 0 Å². The second-order valence-electron chi connectivity index (χ2n) is 3.63. The fourth-order valence-corrected chi connectivity index (χ4v) is 1.62. The van der Waals surface area contributed by atoms with E-state index in [0.717, 1.165) is 18.4 Å². The highest BCUT2D eigenvalue weighted by molar-refractivity contribution is 5.18. The van der Waals surface area contributed by atoms with E-state index in [4.69, 9.17) is 5.53 Å². The summed E-state index contributed by atoms with van der Waals surface area (Å²) >= 11 is 0. The zero-order valence-electron chi connectivity index (χ0n) is 9.13. The van der Waals surface area contributed by atoms with Gasteiger partial charge in [0, 0.05) is 4.91 Å². The van der Waals surface area contributed by atoms with Crippen molar-refractivity contribution in [2.24, 2.45) is 5.11 Å². The van der Waals surface area contributed by atoms with Crippen molar-refractivity contribution in [2.75, 3.05) is 0 Å². The predicted octanol–water partition coefficient (Wildman–Crippen LogP) is 4.62. The maximum Gasteiger partial charge on any atom is 0.0625 e. The molecule has 1 aromatic carbocycles. The molecular weight excluding hydrogens is 186 g/mol. The largest absolute Gasteiger partial charge is 0.0859 e. The van der Waals surface area contributed by atoms with Crippen LogP contribution in [-0.2, 0) is 0 Å². The molecule has 1 atom stereocenters. The van der Waals surface area contributed by atoms with Crippen LogP contribution in [0.15, 0.2) is 35.4 Å². The Kier molecular flexibility index (Phi) is 5.34. The Morgan fingerprint density at radius 2 is 2.00 bits per heavy atom. The van der Waals surface area contributed by atoms with Crippen molar-refractivity contribution in [3.8, 4) is 0 Å². The molecule has 0 bridgehead atoms. The van der Waals surface area contributed by atoms with Gasteiger partial charge in [-0.05, 0) is 17.5 Å². The smallest absolute Gasteiger partial charge is 0.0625 e. The van der Waals surface area contributed by atoms with Gasteiger partial charge in [-0.1, -0.05) is 61.6 Å². The summed E-state index contributed by atoms with van der Waals surface area (Å²) in [5.74, 6) is 0. The number of benzene rings is 1. The van der Waals surface area contributed by atoms with Gasteiger partial charge in [-0.2, -0.15) is 0 Å². The highest BCUT2D eigenvalue weighted by Crippen LogP contribution is 2.23. The van der Waals surface area contributed by atoms with Gasteiger partial charge in [-0.25, -0.2) is 0 Å². The number of hydrogen-bond donors (Lipinski definition) is 0. The molecule has 0 fully saturated rings. The highest BCUT2D eigenvalue weighted by Gasteiger charge is 2.07. The van der Waals surface area contributed by atoms with E-state index >= 15 is 0 Å². The third-order valence-electron chi connectivity index (χ3n) is 2.46. The minimum Gasteiger partial charge on any atom is -0.0859 e. The van der Waals surface area contributed by atoms with Crippen molar-refractivity contribution in [3.63, 3.8) is 0 Å². The summed E-state index contributed by atoms with van der Waals surface area (Å²) in [5.41, 5.74) is 9.63. The van der Waals surface area contributed by atoms with Crippen molar-refractivity contribution >= 4 is 0 Å². The molecule has 0 saturated heterocycles. The first-order chi connectivity index (χ1) is 7.38. The van der Waals surface area contributed by atoms with Crippen LogP contribution in [0.4, 0.5) is 0 Å². The predicted molar refractivity (Wildman–Crippen MR) is 62.5 cm³/mol. The topological polar surface area (TPSA) is 48.8 Å². The van der Waals surface area contributed by atoms with Crippen LogP contribution in [0.5, 0.6) is 0 Å². The molecule has 1 rings (SSSR count). The molecule has 0 N–H and O–H groups in total. The van der Waals surface area contributed by atoms with Crippen molar-refractivity contribution in [1.82, 2.24) is 0 Å². The normalized spacial score (nSPS) is 11.8. The van der Waals surface area contributed by atoms with Crippen LogP contribution in [-0.4, -0.2) is 0 Å². The Labute approximate surface area is 90.8 Å². The summed E-state index contributed by atoms with van der Waals surface area (Å²) < 4.78 is 0. The van der Waals surface area contributed by atoms with Crippen LogP contribution in [0.3, 0.4) is 0 Å². The molecule has 0 saturated carbocycles. The van der Waals surface area contributed by atoms with E-state index in [9.17, 15) is 0 Å². The zero-order chi connectivity index (χ0) is 10.9. The lowest BCUT2D eigenvalue weighted by atomic mass is 10.0. The molecular formula is C12H17N3. The average Bonchev–Trinajstić information content (AvgIpc) is 2.29. The van der Waals surface area contributed by atoms with Crippen molar-refractivity contribution in [2.45, 2.75) is 38.6 Å². The summed E-state index contributed by atoms with van der Waals surface area (Å²) in [5, 5.41) is 3.85. The second kappa shape index (κ2) is 6.91.